The predicted molar refractivity (Wildman–Crippen MR) is 160 cm³/mol. The van der Waals surface area contributed by atoms with Crippen molar-refractivity contribution in [2.45, 2.75) is 26.0 Å². The summed E-state index contributed by atoms with van der Waals surface area (Å²) >= 11 is 18.7. The summed E-state index contributed by atoms with van der Waals surface area (Å²) < 4.78 is 16.3. The molecule has 0 saturated carbocycles. The first-order valence-electron chi connectivity index (χ1n) is 12.5. The van der Waals surface area contributed by atoms with Crippen LogP contribution in [0, 0.1) is 0 Å². The number of methoxy groups -OCH3 is 1. The van der Waals surface area contributed by atoms with Gasteiger partial charge in [-0.15, -0.1) is 0 Å². The van der Waals surface area contributed by atoms with E-state index in [1.54, 1.807) is 43.5 Å². The van der Waals surface area contributed by atoms with Crippen molar-refractivity contribution in [1.29, 1.82) is 0 Å². The normalized spacial score (nSPS) is 11.8. The predicted octanol–water partition coefficient (Wildman–Crippen LogP) is 6.52. The van der Waals surface area contributed by atoms with Crippen LogP contribution in [-0.2, 0) is 22.6 Å². The number of rotatable bonds is 11. The number of aromatic amines is 1. The van der Waals surface area contributed by atoms with Gasteiger partial charge in [0.15, 0.2) is 11.5 Å². The number of para-hydroxylation sites is 1. The molecule has 1 atom stereocenters. The fourth-order valence-electron chi connectivity index (χ4n) is 4.04. The van der Waals surface area contributed by atoms with Crippen LogP contribution in [0.5, 0.6) is 11.5 Å². The molecule has 1 aromatic heterocycles. The lowest BCUT2D eigenvalue weighted by molar-refractivity contribution is -0.123. The van der Waals surface area contributed by atoms with E-state index in [2.05, 4.69) is 20.8 Å². The molecule has 41 heavy (non-hydrogen) atoms. The third-order valence-corrected chi connectivity index (χ3v) is 6.88. The molecule has 0 bridgehead atoms. The first-order chi connectivity index (χ1) is 19.8. The van der Waals surface area contributed by atoms with Crippen molar-refractivity contribution in [3.63, 3.8) is 0 Å². The molecule has 214 valence electrons. The van der Waals surface area contributed by atoms with E-state index >= 15 is 0 Å². The Morgan fingerprint density at radius 3 is 2.61 bits per heavy atom. The largest absolute Gasteiger partial charge is 0.493 e. The van der Waals surface area contributed by atoms with E-state index in [4.69, 9.17) is 49.0 Å². The van der Waals surface area contributed by atoms with Crippen LogP contribution < -0.4 is 20.2 Å². The number of hydrogen-bond donors (Lipinski definition) is 3. The van der Waals surface area contributed by atoms with Crippen molar-refractivity contribution >= 4 is 63.9 Å². The van der Waals surface area contributed by atoms with Crippen LogP contribution in [0.1, 0.15) is 23.6 Å². The summed E-state index contributed by atoms with van der Waals surface area (Å²) in [5.74, 6) is 0.146. The summed E-state index contributed by atoms with van der Waals surface area (Å²) in [6.07, 6.45) is 2.72. The fraction of sp³-hybridized carbons (Fsp3) is 0.207. The Labute approximate surface area is 251 Å². The Morgan fingerprint density at radius 1 is 1.05 bits per heavy atom. The van der Waals surface area contributed by atoms with Crippen LogP contribution >= 0.6 is 34.8 Å². The molecule has 1 heterocycles. The van der Waals surface area contributed by atoms with Crippen molar-refractivity contribution in [1.82, 2.24) is 15.7 Å². The Hall–Kier alpha value is -3.92. The van der Waals surface area contributed by atoms with Gasteiger partial charge in [-0.2, -0.15) is 5.10 Å². The van der Waals surface area contributed by atoms with E-state index in [9.17, 15) is 9.59 Å². The molecule has 0 spiro atoms. The summed E-state index contributed by atoms with van der Waals surface area (Å²) in [5.41, 5.74) is 5.52. The first kappa shape index (κ1) is 30.0. The SMILES string of the molecule is CCOC(=O)N[C@H](Cc1c[nH]c2ccccc12)C(=O)N/N=C\c1cc(Cl)c(OCc2ccc(Cl)cc2Cl)c(OC)c1. The number of hydrazone groups is 1. The summed E-state index contributed by atoms with van der Waals surface area (Å²) in [4.78, 5) is 28.4. The second-order valence-electron chi connectivity index (χ2n) is 8.77. The zero-order valence-corrected chi connectivity index (χ0v) is 24.4. The van der Waals surface area contributed by atoms with Crippen molar-refractivity contribution < 1.29 is 23.8 Å². The number of hydrogen-bond acceptors (Lipinski definition) is 6. The van der Waals surface area contributed by atoms with Gasteiger partial charge in [0, 0.05) is 39.1 Å². The molecule has 0 saturated heterocycles. The summed E-state index contributed by atoms with van der Waals surface area (Å²) in [6.45, 7) is 1.99. The zero-order chi connectivity index (χ0) is 29.4. The lowest BCUT2D eigenvalue weighted by Crippen LogP contribution is -2.47. The average Bonchev–Trinajstić information content (AvgIpc) is 3.35. The van der Waals surface area contributed by atoms with Crippen LogP contribution in [-0.4, -0.2) is 43.0 Å². The van der Waals surface area contributed by atoms with E-state index in [1.807, 2.05) is 24.3 Å². The minimum atomic E-state index is -0.945. The Bertz CT molecular complexity index is 1570. The maximum Gasteiger partial charge on any atom is 0.407 e. The van der Waals surface area contributed by atoms with Gasteiger partial charge >= 0.3 is 6.09 Å². The zero-order valence-electron chi connectivity index (χ0n) is 22.2. The molecule has 0 unspecified atom stereocenters. The van der Waals surface area contributed by atoms with Gasteiger partial charge in [-0.3, -0.25) is 4.79 Å². The van der Waals surface area contributed by atoms with Gasteiger partial charge in [-0.1, -0.05) is 59.1 Å². The molecule has 0 fully saturated rings. The number of nitrogens with zero attached hydrogens (tertiary/aromatic N) is 1. The lowest BCUT2D eigenvalue weighted by atomic mass is 10.0. The number of H-pyrrole nitrogens is 1. The second-order valence-corrected chi connectivity index (χ2v) is 10.0. The van der Waals surface area contributed by atoms with E-state index in [0.717, 1.165) is 22.0 Å². The number of benzene rings is 3. The van der Waals surface area contributed by atoms with E-state index < -0.39 is 18.0 Å². The monoisotopic (exact) mass is 616 g/mol. The highest BCUT2D eigenvalue weighted by atomic mass is 35.5. The van der Waals surface area contributed by atoms with Gasteiger partial charge in [-0.25, -0.2) is 10.2 Å². The van der Waals surface area contributed by atoms with Crippen LogP contribution in [0.25, 0.3) is 10.9 Å². The highest BCUT2D eigenvalue weighted by Crippen LogP contribution is 2.37. The van der Waals surface area contributed by atoms with Crippen LogP contribution in [0.2, 0.25) is 15.1 Å². The lowest BCUT2D eigenvalue weighted by Gasteiger charge is -2.16. The molecule has 0 aliphatic carbocycles. The molecule has 4 rings (SSSR count). The van der Waals surface area contributed by atoms with Gasteiger partial charge in [0.1, 0.15) is 12.6 Å². The smallest absolute Gasteiger partial charge is 0.407 e. The topological polar surface area (TPSA) is 114 Å². The van der Waals surface area contributed by atoms with E-state index in [1.165, 1.54) is 13.3 Å². The average molecular weight is 618 g/mol. The third kappa shape index (κ3) is 7.85. The molecule has 9 nitrogen and oxygen atoms in total. The molecule has 0 aliphatic rings. The van der Waals surface area contributed by atoms with Gasteiger partial charge in [0.2, 0.25) is 0 Å². The third-order valence-electron chi connectivity index (χ3n) is 6.01. The number of carbonyl (C=O) groups is 2. The van der Waals surface area contributed by atoms with Crippen LogP contribution in [0.3, 0.4) is 0 Å². The van der Waals surface area contributed by atoms with Crippen molar-refractivity contribution in [3.05, 3.63) is 92.6 Å². The van der Waals surface area contributed by atoms with Crippen molar-refractivity contribution in [3.8, 4) is 11.5 Å². The Balaban J connectivity index is 1.46. The Morgan fingerprint density at radius 2 is 1.85 bits per heavy atom. The van der Waals surface area contributed by atoms with Gasteiger partial charge in [0.05, 0.1) is 25.0 Å². The summed E-state index contributed by atoms with van der Waals surface area (Å²) in [5, 5.41) is 8.86. The molecule has 12 heteroatoms. The second kappa shape index (κ2) is 14.1. The van der Waals surface area contributed by atoms with Crippen molar-refractivity contribution in [2.75, 3.05) is 13.7 Å². The summed E-state index contributed by atoms with van der Waals surface area (Å²) in [6, 6.07) is 15.1. The molecule has 3 N–H and O–H groups in total. The number of halogens is 3. The Kier molecular flexibility index (Phi) is 10.3. The number of fused-ring (bicyclic) bond motifs is 1. The molecule has 0 radical (unpaired) electrons. The van der Waals surface area contributed by atoms with Gasteiger partial charge in [0.25, 0.3) is 5.91 Å². The first-order valence-corrected chi connectivity index (χ1v) is 13.7. The maximum absolute atomic E-state index is 13.1. The van der Waals surface area contributed by atoms with Crippen LogP contribution in [0.4, 0.5) is 4.79 Å². The van der Waals surface area contributed by atoms with E-state index in [0.29, 0.717) is 27.1 Å². The maximum atomic E-state index is 13.1. The van der Waals surface area contributed by atoms with Gasteiger partial charge < -0.3 is 24.5 Å². The van der Waals surface area contributed by atoms with E-state index in [-0.39, 0.29) is 24.7 Å². The number of nitrogens with one attached hydrogen (secondary N) is 3. The fourth-order valence-corrected chi connectivity index (χ4v) is 4.77. The molecule has 3 aromatic carbocycles. The number of ether oxygens (including phenoxy) is 3. The highest BCUT2D eigenvalue weighted by Gasteiger charge is 2.23. The number of amides is 2. The number of carbonyl (C=O) groups excluding carboxylic acids is 2. The minimum absolute atomic E-state index is 0.140. The number of aromatic nitrogens is 1. The molecular formula is C29H27Cl3N4O5. The minimum Gasteiger partial charge on any atom is -0.493 e. The quantitative estimate of drug-likeness (QED) is 0.131. The van der Waals surface area contributed by atoms with Gasteiger partial charge in [-0.05, 0) is 48.4 Å². The van der Waals surface area contributed by atoms with Crippen LogP contribution in [0.15, 0.2) is 65.9 Å². The highest BCUT2D eigenvalue weighted by molar-refractivity contribution is 6.35. The standard InChI is InChI=1S/C29H27Cl3N4O5/c1-3-40-29(38)35-25(12-19-15-33-24-7-5-4-6-21(19)24)28(37)36-34-14-17-10-23(32)27(26(11-17)39-2)41-16-18-8-9-20(30)13-22(18)31/h4-11,13-15,25,33H,3,12,16H2,1-2H3,(H,35,38)(H,36,37)/b34-14-/t25-/m1/s1. The number of alkyl carbamates (subject to hydrolysis) is 1. The molecule has 4 aromatic rings. The van der Waals surface area contributed by atoms with Crippen molar-refractivity contribution in [2.24, 2.45) is 5.10 Å². The molecule has 0 aliphatic heterocycles. The molecule has 2 amide bonds. The summed E-state index contributed by atoms with van der Waals surface area (Å²) in [7, 11) is 1.48. The molecular weight excluding hydrogens is 591 g/mol.